The number of hydrogen-bond acceptors (Lipinski definition) is 3. The number of nitrogens with one attached hydrogen (secondary N) is 1. The van der Waals surface area contributed by atoms with Gasteiger partial charge < -0.3 is 5.32 Å². The van der Waals surface area contributed by atoms with Gasteiger partial charge in [0.15, 0.2) is 0 Å². The number of anilines is 1. The van der Waals surface area contributed by atoms with E-state index in [1.54, 1.807) is 0 Å². The van der Waals surface area contributed by atoms with E-state index < -0.39 is 0 Å². The van der Waals surface area contributed by atoms with Crippen LogP contribution in [0.5, 0.6) is 0 Å². The monoisotopic (exact) mass is 245 g/mol. The van der Waals surface area contributed by atoms with Crippen LogP contribution in [-0.2, 0) is 11.3 Å². The molecule has 0 aromatic carbocycles. The summed E-state index contributed by atoms with van der Waals surface area (Å²) in [5.41, 5.74) is 2.30. The first kappa shape index (κ1) is 11.7. The molecule has 1 aromatic heterocycles. The molecular weight excluding hydrogens is 226 g/mol. The third kappa shape index (κ3) is 2.25. The summed E-state index contributed by atoms with van der Waals surface area (Å²) in [6, 6.07) is 2.55. The van der Waals surface area contributed by atoms with E-state index in [9.17, 15) is 4.79 Å². The predicted octanol–water partition coefficient (Wildman–Crippen LogP) is 2.09. The molecule has 2 aliphatic rings. The number of aromatic nitrogens is 1. The molecule has 1 unspecified atom stereocenters. The van der Waals surface area contributed by atoms with Crippen molar-refractivity contribution in [3.63, 3.8) is 0 Å². The number of carbonyl (C=O) groups is 1. The van der Waals surface area contributed by atoms with E-state index in [4.69, 9.17) is 0 Å². The van der Waals surface area contributed by atoms with E-state index in [0.717, 1.165) is 36.5 Å². The third-order valence-corrected chi connectivity index (χ3v) is 3.90. The number of carbonyl (C=O) groups excluding carboxylic acids is 1. The molecule has 0 saturated carbocycles. The highest BCUT2D eigenvalue weighted by atomic mass is 16.1. The lowest BCUT2D eigenvalue weighted by molar-refractivity contribution is -0.118. The molecule has 1 aromatic rings. The number of amides is 1. The van der Waals surface area contributed by atoms with Crippen molar-refractivity contribution >= 4 is 11.7 Å². The minimum absolute atomic E-state index is 0.101. The predicted molar refractivity (Wildman–Crippen MR) is 70.3 cm³/mol. The average Bonchev–Trinajstić information content (AvgIpc) is 2.33. The van der Waals surface area contributed by atoms with Gasteiger partial charge in [-0.2, -0.15) is 0 Å². The Morgan fingerprint density at radius 2 is 2.33 bits per heavy atom. The molecule has 1 N–H and O–H groups in total. The zero-order chi connectivity index (χ0) is 12.5. The number of aryl methyl sites for hydroxylation is 1. The summed E-state index contributed by atoms with van der Waals surface area (Å²) in [5.74, 6) is 0.846. The Kier molecular flexibility index (Phi) is 3.04. The quantitative estimate of drug-likeness (QED) is 0.761. The van der Waals surface area contributed by atoms with Gasteiger partial charge in [-0.25, -0.2) is 4.98 Å². The number of rotatable bonds is 0. The van der Waals surface area contributed by atoms with Gasteiger partial charge >= 0.3 is 0 Å². The molecule has 3 rings (SSSR count). The first-order chi connectivity index (χ1) is 8.72. The summed E-state index contributed by atoms with van der Waals surface area (Å²) in [7, 11) is 0. The molecular formula is C14H19N3O. The number of piperidine rings is 1. The second kappa shape index (κ2) is 4.69. The molecule has 4 heteroatoms. The van der Waals surface area contributed by atoms with Crippen molar-refractivity contribution in [1.29, 1.82) is 0 Å². The van der Waals surface area contributed by atoms with E-state index >= 15 is 0 Å². The van der Waals surface area contributed by atoms with Gasteiger partial charge in [0.1, 0.15) is 5.82 Å². The van der Waals surface area contributed by atoms with Crippen LogP contribution in [0.15, 0.2) is 12.3 Å². The molecule has 1 atom stereocenters. The SMILES string of the molecule is Cc1cnc2c(c1)CN1CCCCC1CC(=O)N2. The summed E-state index contributed by atoms with van der Waals surface area (Å²) in [4.78, 5) is 18.8. The molecule has 0 aliphatic carbocycles. The highest BCUT2D eigenvalue weighted by molar-refractivity contribution is 5.91. The van der Waals surface area contributed by atoms with Gasteiger partial charge in [0.25, 0.3) is 0 Å². The molecule has 0 spiro atoms. The first-order valence-electron chi connectivity index (χ1n) is 6.72. The molecule has 1 fully saturated rings. The summed E-state index contributed by atoms with van der Waals surface area (Å²) < 4.78 is 0. The molecule has 1 amide bonds. The van der Waals surface area contributed by atoms with Crippen LogP contribution < -0.4 is 5.32 Å². The number of nitrogens with zero attached hydrogens (tertiary/aromatic N) is 2. The van der Waals surface area contributed by atoms with Crippen molar-refractivity contribution in [2.45, 2.75) is 45.2 Å². The normalized spacial score (nSPS) is 24.5. The lowest BCUT2D eigenvalue weighted by Gasteiger charge is -2.37. The van der Waals surface area contributed by atoms with Crippen molar-refractivity contribution < 1.29 is 4.79 Å². The van der Waals surface area contributed by atoms with Gasteiger partial charge in [0.2, 0.25) is 5.91 Å². The maximum atomic E-state index is 12.0. The zero-order valence-corrected chi connectivity index (χ0v) is 10.8. The van der Waals surface area contributed by atoms with Crippen LogP contribution in [0.4, 0.5) is 5.82 Å². The van der Waals surface area contributed by atoms with Gasteiger partial charge in [0, 0.05) is 30.8 Å². The standard InChI is InChI=1S/C14H19N3O/c1-10-6-11-9-17-5-3-2-4-12(17)7-13(18)16-14(11)15-8-10/h6,8,12H,2-5,7,9H2,1H3,(H,15,16,18). The Hall–Kier alpha value is -1.42. The number of pyridine rings is 1. The molecule has 0 bridgehead atoms. The van der Waals surface area contributed by atoms with E-state index in [-0.39, 0.29) is 5.91 Å². The van der Waals surface area contributed by atoms with Crippen molar-refractivity contribution in [2.75, 3.05) is 11.9 Å². The summed E-state index contributed by atoms with van der Waals surface area (Å²) in [5, 5.41) is 2.95. The fourth-order valence-corrected chi connectivity index (χ4v) is 2.98. The zero-order valence-electron chi connectivity index (χ0n) is 10.8. The van der Waals surface area contributed by atoms with E-state index in [1.165, 1.54) is 12.8 Å². The molecule has 4 nitrogen and oxygen atoms in total. The van der Waals surface area contributed by atoms with Crippen LogP contribution in [0.2, 0.25) is 0 Å². The largest absolute Gasteiger partial charge is 0.310 e. The van der Waals surface area contributed by atoms with Gasteiger partial charge in [-0.05, 0) is 37.9 Å². The minimum atomic E-state index is 0.101. The molecule has 2 aliphatic heterocycles. The summed E-state index contributed by atoms with van der Waals surface area (Å²) in [6.45, 7) is 4.06. The maximum Gasteiger partial charge on any atom is 0.227 e. The van der Waals surface area contributed by atoms with Crippen LogP contribution in [0.25, 0.3) is 0 Å². The van der Waals surface area contributed by atoms with Gasteiger partial charge in [-0.1, -0.05) is 6.42 Å². The van der Waals surface area contributed by atoms with Crippen molar-refractivity contribution in [1.82, 2.24) is 9.88 Å². The van der Waals surface area contributed by atoms with Crippen LogP contribution >= 0.6 is 0 Å². The van der Waals surface area contributed by atoms with E-state index in [2.05, 4.69) is 21.3 Å². The number of hydrogen-bond donors (Lipinski definition) is 1. The molecule has 0 radical (unpaired) electrons. The van der Waals surface area contributed by atoms with Crippen molar-refractivity contribution in [3.8, 4) is 0 Å². The van der Waals surface area contributed by atoms with Crippen LogP contribution in [0.1, 0.15) is 36.8 Å². The average molecular weight is 245 g/mol. The van der Waals surface area contributed by atoms with Crippen LogP contribution in [0.3, 0.4) is 0 Å². The Morgan fingerprint density at radius 1 is 1.44 bits per heavy atom. The minimum Gasteiger partial charge on any atom is -0.310 e. The fraction of sp³-hybridized carbons (Fsp3) is 0.571. The molecule has 18 heavy (non-hydrogen) atoms. The summed E-state index contributed by atoms with van der Waals surface area (Å²) >= 11 is 0. The lowest BCUT2D eigenvalue weighted by atomic mass is 9.97. The van der Waals surface area contributed by atoms with E-state index in [1.807, 2.05) is 13.1 Å². The first-order valence-corrected chi connectivity index (χ1v) is 6.72. The smallest absolute Gasteiger partial charge is 0.227 e. The van der Waals surface area contributed by atoms with Crippen LogP contribution in [-0.4, -0.2) is 28.4 Å². The Morgan fingerprint density at radius 3 is 3.22 bits per heavy atom. The molecule has 3 heterocycles. The highest BCUT2D eigenvalue weighted by Gasteiger charge is 2.28. The Bertz CT molecular complexity index is 472. The van der Waals surface area contributed by atoms with Gasteiger partial charge in [-0.3, -0.25) is 9.69 Å². The fourth-order valence-electron chi connectivity index (χ4n) is 2.98. The third-order valence-electron chi connectivity index (χ3n) is 3.90. The second-order valence-electron chi connectivity index (χ2n) is 5.39. The van der Waals surface area contributed by atoms with E-state index in [0.29, 0.717) is 12.5 Å². The highest BCUT2D eigenvalue weighted by Crippen LogP contribution is 2.27. The number of fused-ring (bicyclic) bond motifs is 2. The van der Waals surface area contributed by atoms with Crippen molar-refractivity contribution in [3.05, 3.63) is 23.4 Å². The molecule has 96 valence electrons. The Balaban J connectivity index is 1.95. The Labute approximate surface area is 107 Å². The summed E-state index contributed by atoms with van der Waals surface area (Å²) in [6.07, 6.45) is 6.05. The second-order valence-corrected chi connectivity index (χ2v) is 5.39. The van der Waals surface area contributed by atoms with Gasteiger partial charge in [0.05, 0.1) is 0 Å². The lowest BCUT2D eigenvalue weighted by Crippen LogP contribution is -2.42. The van der Waals surface area contributed by atoms with Crippen molar-refractivity contribution in [2.24, 2.45) is 0 Å². The topological polar surface area (TPSA) is 45.2 Å². The maximum absolute atomic E-state index is 12.0. The molecule has 1 saturated heterocycles. The van der Waals surface area contributed by atoms with Crippen LogP contribution in [0, 0.1) is 6.92 Å². The van der Waals surface area contributed by atoms with Gasteiger partial charge in [-0.15, -0.1) is 0 Å².